The van der Waals surface area contributed by atoms with Gasteiger partial charge in [-0.1, -0.05) is 36.4 Å². The summed E-state index contributed by atoms with van der Waals surface area (Å²) in [5.41, 5.74) is 8.87. The number of hydrogen-bond donors (Lipinski definition) is 2. The first-order valence-corrected chi connectivity index (χ1v) is 11.3. The molecule has 5 nitrogen and oxygen atoms in total. The van der Waals surface area contributed by atoms with E-state index in [4.69, 9.17) is 15.2 Å². The highest BCUT2D eigenvalue weighted by atomic mass is 16.5. The molecule has 168 valence electrons. The van der Waals surface area contributed by atoms with E-state index >= 15 is 0 Å². The molecule has 3 N–H and O–H groups in total. The molecule has 1 aliphatic rings. The second kappa shape index (κ2) is 10.5. The highest BCUT2D eigenvalue weighted by Gasteiger charge is 2.22. The van der Waals surface area contributed by atoms with E-state index in [0.717, 1.165) is 48.7 Å². The van der Waals surface area contributed by atoms with Crippen molar-refractivity contribution in [2.24, 2.45) is 0 Å². The third kappa shape index (κ3) is 6.02. The summed E-state index contributed by atoms with van der Waals surface area (Å²) in [6.45, 7) is 4.82. The number of nitrogen functional groups attached to an aromatic ring is 1. The van der Waals surface area contributed by atoms with Crippen LogP contribution in [-0.2, 0) is 0 Å². The van der Waals surface area contributed by atoms with Gasteiger partial charge in [-0.3, -0.25) is 0 Å². The van der Waals surface area contributed by atoms with Crippen molar-refractivity contribution < 1.29 is 14.6 Å². The molecule has 0 unspecified atom stereocenters. The number of nitrogens with two attached hydrogens (primary N) is 1. The van der Waals surface area contributed by atoms with Crippen molar-refractivity contribution in [1.29, 1.82) is 0 Å². The van der Waals surface area contributed by atoms with Gasteiger partial charge in [-0.25, -0.2) is 0 Å². The number of hydrogen-bond acceptors (Lipinski definition) is 5. The SMILES string of the molecule is Cc1ccc(N)cc1OC[C@H](O)CN1CCC(c2ccc(Oc3ccccc3)cc2)CC1. The largest absolute Gasteiger partial charge is 0.490 e. The number of ether oxygens (including phenoxy) is 2. The van der Waals surface area contributed by atoms with E-state index in [9.17, 15) is 5.11 Å². The molecule has 1 saturated heterocycles. The third-order valence-electron chi connectivity index (χ3n) is 6.03. The molecule has 1 fully saturated rings. The zero-order chi connectivity index (χ0) is 22.3. The number of benzene rings is 3. The van der Waals surface area contributed by atoms with E-state index in [1.165, 1.54) is 5.56 Å². The lowest BCUT2D eigenvalue weighted by atomic mass is 9.89. The van der Waals surface area contributed by atoms with Gasteiger partial charge in [0.15, 0.2) is 0 Å². The third-order valence-corrected chi connectivity index (χ3v) is 6.03. The fraction of sp³-hybridized carbons (Fsp3) is 0.333. The van der Waals surface area contributed by atoms with Crippen LogP contribution < -0.4 is 15.2 Å². The van der Waals surface area contributed by atoms with Crippen molar-refractivity contribution in [1.82, 2.24) is 4.90 Å². The van der Waals surface area contributed by atoms with Gasteiger partial charge in [0.2, 0.25) is 0 Å². The van der Waals surface area contributed by atoms with Gasteiger partial charge >= 0.3 is 0 Å². The topological polar surface area (TPSA) is 68.0 Å². The molecule has 0 aromatic heterocycles. The van der Waals surface area contributed by atoms with E-state index in [1.807, 2.05) is 67.6 Å². The zero-order valence-corrected chi connectivity index (χ0v) is 18.6. The van der Waals surface area contributed by atoms with Crippen LogP contribution >= 0.6 is 0 Å². The first kappa shape index (κ1) is 22.2. The Morgan fingerprint density at radius 1 is 0.969 bits per heavy atom. The summed E-state index contributed by atoms with van der Waals surface area (Å²) in [6, 6.07) is 23.9. The average molecular weight is 433 g/mol. The molecule has 1 atom stereocenters. The van der Waals surface area contributed by atoms with E-state index in [2.05, 4.69) is 17.0 Å². The van der Waals surface area contributed by atoms with E-state index < -0.39 is 6.10 Å². The number of likely N-dealkylation sites (tertiary alicyclic amines) is 1. The van der Waals surface area contributed by atoms with Crippen LogP contribution in [0.4, 0.5) is 5.69 Å². The van der Waals surface area contributed by atoms with Gasteiger partial charge < -0.3 is 25.2 Å². The Balaban J connectivity index is 1.22. The summed E-state index contributed by atoms with van der Waals surface area (Å²) in [5, 5.41) is 10.4. The van der Waals surface area contributed by atoms with Crippen molar-refractivity contribution in [3.63, 3.8) is 0 Å². The van der Waals surface area contributed by atoms with Gasteiger partial charge in [0.05, 0.1) is 0 Å². The lowest BCUT2D eigenvalue weighted by Crippen LogP contribution is -2.40. The number of aryl methyl sites for hydroxylation is 1. The average Bonchev–Trinajstić information content (AvgIpc) is 2.81. The first-order chi connectivity index (χ1) is 15.6. The molecule has 1 aliphatic heterocycles. The number of aliphatic hydroxyl groups is 1. The molecular formula is C27H32N2O3. The second-order valence-corrected chi connectivity index (χ2v) is 8.55. The van der Waals surface area contributed by atoms with E-state index in [-0.39, 0.29) is 6.61 Å². The predicted octanol–water partition coefficient (Wildman–Crippen LogP) is 4.99. The Kier molecular flexibility index (Phi) is 7.30. The summed E-state index contributed by atoms with van der Waals surface area (Å²) >= 11 is 0. The number of β-amino-alcohol motifs (C(OH)–C–C–N with tert-alkyl or cyclic N) is 1. The molecular weight excluding hydrogens is 400 g/mol. The van der Waals surface area contributed by atoms with Crippen LogP contribution in [0.5, 0.6) is 17.2 Å². The minimum atomic E-state index is -0.526. The lowest BCUT2D eigenvalue weighted by molar-refractivity contribution is 0.0592. The smallest absolute Gasteiger partial charge is 0.127 e. The van der Waals surface area contributed by atoms with Crippen LogP contribution in [0.15, 0.2) is 72.8 Å². The van der Waals surface area contributed by atoms with E-state index in [0.29, 0.717) is 18.2 Å². The number of rotatable bonds is 8. The molecule has 0 bridgehead atoms. The molecule has 5 heteroatoms. The Morgan fingerprint density at radius 3 is 2.38 bits per heavy atom. The van der Waals surface area contributed by atoms with Crippen molar-refractivity contribution in [2.75, 3.05) is 32.0 Å². The van der Waals surface area contributed by atoms with Crippen LogP contribution in [0.25, 0.3) is 0 Å². The monoisotopic (exact) mass is 432 g/mol. The number of nitrogens with zero attached hydrogens (tertiary/aromatic N) is 1. The summed E-state index contributed by atoms with van der Waals surface area (Å²) in [5.74, 6) is 2.99. The highest BCUT2D eigenvalue weighted by molar-refractivity contribution is 5.48. The Hall–Kier alpha value is -3.02. The highest BCUT2D eigenvalue weighted by Crippen LogP contribution is 2.30. The van der Waals surface area contributed by atoms with Crippen molar-refractivity contribution in [3.8, 4) is 17.2 Å². The number of anilines is 1. The molecule has 3 aromatic rings. The van der Waals surface area contributed by atoms with Gasteiger partial charge in [-0.15, -0.1) is 0 Å². The first-order valence-electron chi connectivity index (χ1n) is 11.3. The fourth-order valence-electron chi connectivity index (χ4n) is 4.19. The van der Waals surface area contributed by atoms with Crippen molar-refractivity contribution in [2.45, 2.75) is 31.8 Å². The molecule has 3 aromatic carbocycles. The Bertz CT molecular complexity index is 984. The number of aliphatic hydroxyl groups excluding tert-OH is 1. The van der Waals surface area contributed by atoms with Crippen molar-refractivity contribution >= 4 is 5.69 Å². The summed E-state index contributed by atoms with van der Waals surface area (Å²) < 4.78 is 11.7. The molecule has 4 rings (SSSR count). The van der Waals surface area contributed by atoms with Crippen LogP contribution in [0.1, 0.15) is 29.9 Å². The molecule has 0 radical (unpaired) electrons. The maximum Gasteiger partial charge on any atom is 0.127 e. The molecule has 0 spiro atoms. The quantitative estimate of drug-likeness (QED) is 0.491. The molecule has 0 amide bonds. The summed E-state index contributed by atoms with van der Waals surface area (Å²) in [6.07, 6.45) is 1.64. The maximum atomic E-state index is 10.4. The van der Waals surface area contributed by atoms with Gasteiger partial charge in [0.25, 0.3) is 0 Å². The molecule has 32 heavy (non-hydrogen) atoms. The van der Waals surface area contributed by atoms with Gasteiger partial charge in [-0.05, 0) is 80.2 Å². The molecule has 1 heterocycles. The maximum absolute atomic E-state index is 10.4. The van der Waals surface area contributed by atoms with Crippen LogP contribution in [0, 0.1) is 6.92 Å². The van der Waals surface area contributed by atoms with E-state index in [1.54, 1.807) is 0 Å². The number of para-hydroxylation sites is 1. The van der Waals surface area contributed by atoms with Crippen LogP contribution in [0.2, 0.25) is 0 Å². The normalized spacial score (nSPS) is 15.9. The van der Waals surface area contributed by atoms with Gasteiger partial charge in [-0.2, -0.15) is 0 Å². The van der Waals surface area contributed by atoms with Crippen LogP contribution in [-0.4, -0.2) is 42.4 Å². The lowest BCUT2D eigenvalue weighted by Gasteiger charge is -2.33. The second-order valence-electron chi connectivity index (χ2n) is 8.55. The standard InChI is InChI=1S/C27H32N2O3/c1-20-7-10-23(28)17-27(20)31-19-24(30)18-29-15-13-22(14-16-29)21-8-11-26(12-9-21)32-25-5-3-2-4-6-25/h2-12,17,22,24,30H,13-16,18-19,28H2,1H3/t24-/m1/s1. The van der Waals surface area contributed by atoms with Crippen molar-refractivity contribution in [3.05, 3.63) is 83.9 Å². The minimum Gasteiger partial charge on any atom is -0.490 e. The zero-order valence-electron chi connectivity index (χ0n) is 18.6. The van der Waals surface area contributed by atoms with Crippen LogP contribution in [0.3, 0.4) is 0 Å². The summed E-state index contributed by atoms with van der Waals surface area (Å²) in [7, 11) is 0. The predicted molar refractivity (Wildman–Crippen MR) is 128 cm³/mol. The van der Waals surface area contributed by atoms with Gasteiger partial charge in [0, 0.05) is 18.3 Å². The summed E-state index contributed by atoms with van der Waals surface area (Å²) in [4.78, 5) is 2.32. The fourth-order valence-corrected chi connectivity index (χ4v) is 4.19. The number of piperidine rings is 1. The molecule has 0 aliphatic carbocycles. The molecule has 0 saturated carbocycles. The Morgan fingerprint density at radius 2 is 1.66 bits per heavy atom. The van der Waals surface area contributed by atoms with Gasteiger partial charge in [0.1, 0.15) is 30.0 Å². The minimum absolute atomic E-state index is 0.271. The Labute approximate surface area is 190 Å².